The van der Waals surface area contributed by atoms with Gasteiger partial charge in [-0.25, -0.2) is 17.2 Å². The number of benzene rings is 1. The Balaban J connectivity index is 2.36. The van der Waals surface area contributed by atoms with Gasteiger partial charge in [0, 0.05) is 19.2 Å². The molecule has 19 heavy (non-hydrogen) atoms. The van der Waals surface area contributed by atoms with Crippen LogP contribution in [0.25, 0.3) is 0 Å². The molecule has 6 heteroatoms. The predicted octanol–water partition coefficient (Wildman–Crippen LogP) is 2.63. The van der Waals surface area contributed by atoms with Gasteiger partial charge in [-0.3, -0.25) is 0 Å². The van der Waals surface area contributed by atoms with Crippen LogP contribution in [0.4, 0.5) is 8.78 Å². The molecule has 0 unspecified atom stereocenters. The number of piperidine rings is 1. The number of halogens is 2. The molecule has 2 rings (SSSR count). The van der Waals surface area contributed by atoms with Crippen molar-refractivity contribution in [2.45, 2.75) is 25.2 Å². The van der Waals surface area contributed by atoms with Gasteiger partial charge >= 0.3 is 0 Å². The topological polar surface area (TPSA) is 37.4 Å². The van der Waals surface area contributed by atoms with Gasteiger partial charge in [0.05, 0.1) is 0 Å². The zero-order valence-electron chi connectivity index (χ0n) is 10.9. The van der Waals surface area contributed by atoms with E-state index in [0.717, 1.165) is 18.6 Å². The van der Waals surface area contributed by atoms with E-state index >= 15 is 0 Å². The third-order valence-corrected chi connectivity index (χ3v) is 5.21. The van der Waals surface area contributed by atoms with E-state index in [1.165, 1.54) is 4.31 Å². The molecule has 1 aliphatic rings. The van der Waals surface area contributed by atoms with Crippen LogP contribution in [-0.2, 0) is 10.0 Å². The van der Waals surface area contributed by atoms with Crippen LogP contribution in [0.5, 0.6) is 0 Å². The molecule has 0 aromatic heterocycles. The van der Waals surface area contributed by atoms with Crippen molar-refractivity contribution >= 4 is 10.0 Å². The van der Waals surface area contributed by atoms with Gasteiger partial charge in [0.15, 0.2) is 0 Å². The lowest BCUT2D eigenvalue weighted by Crippen LogP contribution is -2.42. The molecule has 1 aromatic carbocycles. The molecule has 1 aromatic rings. The SMILES string of the molecule is C[C@@H]1C[C@@H](C)CN(S(=O)(=O)c2ccc(F)cc2F)C1. The Bertz CT molecular complexity index is 564. The lowest BCUT2D eigenvalue weighted by atomic mass is 9.94. The number of hydrogen-bond acceptors (Lipinski definition) is 2. The van der Waals surface area contributed by atoms with Crippen molar-refractivity contribution in [3.63, 3.8) is 0 Å². The molecule has 0 spiro atoms. The summed E-state index contributed by atoms with van der Waals surface area (Å²) in [5.41, 5.74) is 0. The zero-order valence-corrected chi connectivity index (χ0v) is 11.8. The van der Waals surface area contributed by atoms with Crippen molar-refractivity contribution in [3.8, 4) is 0 Å². The van der Waals surface area contributed by atoms with Gasteiger partial charge in [0.25, 0.3) is 0 Å². The second kappa shape index (κ2) is 5.17. The van der Waals surface area contributed by atoms with E-state index in [9.17, 15) is 17.2 Å². The first kappa shape index (κ1) is 14.4. The highest BCUT2D eigenvalue weighted by Gasteiger charge is 2.33. The molecule has 0 radical (unpaired) electrons. The molecule has 0 bridgehead atoms. The Kier molecular flexibility index (Phi) is 3.92. The van der Waals surface area contributed by atoms with E-state index in [-0.39, 0.29) is 11.8 Å². The first-order valence-corrected chi connectivity index (χ1v) is 7.70. The van der Waals surface area contributed by atoms with Crippen LogP contribution in [-0.4, -0.2) is 25.8 Å². The van der Waals surface area contributed by atoms with E-state index in [0.29, 0.717) is 19.2 Å². The fraction of sp³-hybridized carbons (Fsp3) is 0.538. The third-order valence-electron chi connectivity index (χ3n) is 3.35. The van der Waals surface area contributed by atoms with E-state index in [4.69, 9.17) is 0 Å². The van der Waals surface area contributed by atoms with Crippen LogP contribution in [0.3, 0.4) is 0 Å². The third kappa shape index (κ3) is 2.95. The van der Waals surface area contributed by atoms with E-state index in [2.05, 4.69) is 0 Å². The van der Waals surface area contributed by atoms with Crippen LogP contribution < -0.4 is 0 Å². The molecule has 1 saturated heterocycles. The first-order chi connectivity index (χ1) is 8.80. The molecule has 106 valence electrons. The average molecular weight is 289 g/mol. The summed E-state index contributed by atoms with van der Waals surface area (Å²) < 4.78 is 52.5. The van der Waals surface area contributed by atoms with Crippen LogP contribution in [0.15, 0.2) is 23.1 Å². The fourth-order valence-corrected chi connectivity index (χ4v) is 4.35. The number of rotatable bonds is 2. The average Bonchev–Trinajstić information content (AvgIpc) is 2.26. The number of nitrogens with zero attached hydrogens (tertiary/aromatic N) is 1. The molecule has 0 N–H and O–H groups in total. The lowest BCUT2D eigenvalue weighted by molar-refractivity contribution is 0.222. The van der Waals surface area contributed by atoms with E-state index < -0.39 is 26.6 Å². The highest BCUT2D eigenvalue weighted by Crippen LogP contribution is 2.27. The summed E-state index contributed by atoms with van der Waals surface area (Å²) in [6, 6.07) is 2.56. The first-order valence-electron chi connectivity index (χ1n) is 6.26. The van der Waals surface area contributed by atoms with Gasteiger partial charge in [0.1, 0.15) is 16.5 Å². The van der Waals surface area contributed by atoms with Crippen molar-refractivity contribution < 1.29 is 17.2 Å². The van der Waals surface area contributed by atoms with E-state index in [1.54, 1.807) is 0 Å². The molecule has 1 fully saturated rings. The van der Waals surface area contributed by atoms with Gasteiger partial charge in [-0.05, 0) is 30.4 Å². The Labute approximate surface area is 112 Å². The van der Waals surface area contributed by atoms with Crippen molar-refractivity contribution in [2.75, 3.05) is 13.1 Å². The Morgan fingerprint density at radius 3 is 2.26 bits per heavy atom. The minimum atomic E-state index is -3.88. The van der Waals surface area contributed by atoms with Crippen LogP contribution in [0, 0.1) is 23.5 Å². The second-order valence-electron chi connectivity index (χ2n) is 5.34. The number of hydrogen-bond donors (Lipinski definition) is 0. The minimum absolute atomic E-state index is 0.238. The minimum Gasteiger partial charge on any atom is -0.207 e. The summed E-state index contributed by atoms with van der Waals surface area (Å²) in [6.07, 6.45) is 0.956. The predicted molar refractivity (Wildman–Crippen MR) is 68.1 cm³/mol. The number of sulfonamides is 1. The summed E-state index contributed by atoms with van der Waals surface area (Å²) in [5.74, 6) is -1.34. The molecule has 3 nitrogen and oxygen atoms in total. The summed E-state index contributed by atoms with van der Waals surface area (Å²) in [4.78, 5) is -0.449. The Morgan fingerprint density at radius 2 is 1.74 bits per heavy atom. The van der Waals surface area contributed by atoms with Crippen molar-refractivity contribution in [3.05, 3.63) is 29.8 Å². The fourth-order valence-electron chi connectivity index (χ4n) is 2.63. The highest BCUT2D eigenvalue weighted by atomic mass is 32.2. The molecule has 1 heterocycles. The molecule has 0 saturated carbocycles. The molecule has 0 aliphatic carbocycles. The van der Waals surface area contributed by atoms with Gasteiger partial charge < -0.3 is 0 Å². The molecular weight excluding hydrogens is 272 g/mol. The van der Waals surface area contributed by atoms with Gasteiger partial charge in [-0.2, -0.15) is 4.31 Å². The molecule has 2 atom stereocenters. The largest absolute Gasteiger partial charge is 0.246 e. The van der Waals surface area contributed by atoms with Gasteiger partial charge in [-0.15, -0.1) is 0 Å². The molecular formula is C13H17F2NO2S. The van der Waals surface area contributed by atoms with Crippen molar-refractivity contribution in [2.24, 2.45) is 11.8 Å². The summed E-state index contributed by atoms with van der Waals surface area (Å²) in [6.45, 7) is 4.70. The Hall–Kier alpha value is -1.01. The van der Waals surface area contributed by atoms with Crippen LogP contribution in [0.2, 0.25) is 0 Å². The molecule has 1 aliphatic heterocycles. The molecule has 0 amide bonds. The van der Waals surface area contributed by atoms with Crippen LogP contribution in [0.1, 0.15) is 20.3 Å². The summed E-state index contributed by atoms with van der Waals surface area (Å²) >= 11 is 0. The zero-order chi connectivity index (χ0) is 14.2. The maximum atomic E-state index is 13.6. The summed E-state index contributed by atoms with van der Waals surface area (Å²) in [5, 5.41) is 0. The van der Waals surface area contributed by atoms with Gasteiger partial charge in [-0.1, -0.05) is 13.8 Å². The van der Waals surface area contributed by atoms with Gasteiger partial charge in [0.2, 0.25) is 10.0 Å². The normalized spacial score (nSPS) is 25.5. The highest BCUT2D eigenvalue weighted by molar-refractivity contribution is 7.89. The second-order valence-corrected chi connectivity index (χ2v) is 7.25. The Morgan fingerprint density at radius 1 is 1.16 bits per heavy atom. The van der Waals surface area contributed by atoms with Crippen molar-refractivity contribution in [1.29, 1.82) is 0 Å². The lowest BCUT2D eigenvalue weighted by Gasteiger charge is -2.34. The maximum Gasteiger partial charge on any atom is 0.246 e. The quantitative estimate of drug-likeness (QED) is 0.839. The monoisotopic (exact) mass is 289 g/mol. The van der Waals surface area contributed by atoms with E-state index in [1.807, 2.05) is 13.8 Å². The van der Waals surface area contributed by atoms with Crippen molar-refractivity contribution in [1.82, 2.24) is 4.31 Å². The standard InChI is InChI=1S/C13H17F2NO2S/c1-9-5-10(2)8-16(7-9)19(17,18)13-4-3-11(14)6-12(13)15/h3-4,6,9-10H,5,7-8H2,1-2H3/t9-,10-/m1/s1. The van der Waals surface area contributed by atoms with Crippen LogP contribution >= 0.6 is 0 Å². The maximum absolute atomic E-state index is 13.6. The summed E-state index contributed by atoms with van der Waals surface area (Å²) in [7, 11) is -3.88. The smallest absolute Gasteiger partial charge is 0.207 e.